The first-order valence-electron chi connectivity index (χ1n) is 7.38. The summed E-state index contributed by atoms with van der Waals surface area (Å²) in [5.41, 5.74) is -0.383. The summed E-state index contributed by atoms with van der Waals surface area (Å²) >= 11 is 5.85. The Labute approximate surface area is 147 Å². The monoisotopic (exact) mass is 374 g/mol. The van der Waals surface area contributed by atoms with Crippen molar-refractivity contribution >= 4 is 23.2 Å². The normalized spacial score (nSPS) is 11.2. The second-order valence-corrected chi connectivity index (χ2v) is 5.64. The van der Waals surface area contributed by atoms with E-state index in [1.165, 1.54) is 6.07 Å². The van der Waals surface area contributed by atoms with E-state index in [9.17, 15) is 22.4 Å². The molecule has 2 rings (SSSR count). The summed E-state index contributed by atoms with van der Waals surface area (Å²) in [7, 11) is 0. The lowest BCUT2D eigenvalue weighted by Crippen LogP contribution is -2.25. The molecule has 0 heterocycles. The Hall–Kier alpha value is -2.28. The molecule has 0 atom stereocenters. The third-order valence-electron chi connectivity index (χ3n) is 3.40. The number of nitrogens with one attached hydrogen (secondary N) is 2. The maximum absolute atomic E-state index is 13.4. The van der Waals surface area contributed by atoms with E-state index in [1.54, 1.807) is 18.2 Å². The standard InChI is InChI=1S/C17H15ClF4N2O/c18-13-6-5-12(17(20,21)22)9-15(13)23-8-7-16(25)24-10-11-3-1-2-4-14(11)19/h1-6,9,23H,7-8,10H2,(H,24,25). The zero-order valence-corrected chi connectivity index (χ0v) is 13.7. The quantitative estimate of drug-likeness (QED) is 0.725. The third-order valence-corrected chi connectivity index (χ3v) is 3.72. The molecular formula is C17H15ClF4N2O. The van der Waals surface area contributed by atoms with Gasteiger partial charge >= 0.3 is 6.18 Å². The van der Waals surface area contributed by atoms with Gasteiger partial charge in [-0.1, -0.05) is 29.8 Å². The summed E-state index contributed by atoms with van der Waals surface area (Å²) in [6, 6.07) is 8.96. The van der Waals surface area contributed by atoms with Crippen LogP contribution in [0.2, 0.25) is 5.02 Å². The average molecular weight is 375 g/mol. The van der Waals surface area contributed by atoms with Gasteiger partial charge in [-0.05, 0) is 24.3 Å². The first-order valence-corrected chi connectivity index (χ1v) is 7.76. The number of carbonyl (C=O) groups excluding carboxylic acids is 1. The van der Waals surface area contributed by atoms with Crippen molar-refractivity contribution in [2.75, 3.05) is 11.9 Å². The number of hydrogen-bond donors (Lipinski definition) is 2. The second-order valence-electron chi connectivity index (χ2n) is 5.24. The zero-order valence-electron chi connectivity index (χ0n) is 13.0. The fraction of sp³-hybridized carbons (Fsp3) is 0.235. The predicted molar refractivity (Wildman–Crippen MR) is 87.8 cm³/mol. The molecule has 2 aromatic rings. The van der Waals surface area contributed by atoms with Crippen LogP contribution in [0.1, 0.15) is 17.5 Å². The summed E-state index contributed by atoms with van der Waals surface area (Å²) in [6.07, 6.45) is -4.47. The number of carbonyl (C=O) groups is 1. The van der Waals surface area contributed by atoms with Crippen LogP contribution in [0.5, 0.6) is 0 Å². The second kappa shape index (κ2) is 8.20. The summed E-state index contributed by atoms with van der Waals surface area (Å²) in [6.45, 7) is 0.125. The van der Waals surface area contributed by atoms with E-state index in [0.717, 1.165) is 18.2 Å². The number of rotatable bonds is 6. The van der Waals surface area contributed by atoms with Gasteiger partial charge in [0.15, 0.2) is 0 Å². The summed E-state index contributed by atoms with van der Waals surface area (Å²) in [4.78, 5) is 11.7. The molecule has 0 bridgehead atoms. The topological polar surface area (TPSA) is 41.1 Å². The minimum atomic E-state index is -4.47. The van der Waals surface area contributed by atoms with Crippen LogP contribution in [-0.2, 0) is 17.5 Å². The highest BCUT2D eigenvalue weighted by atomic mass is 35.5. The van der Waals surface area contributed by atoms with E-state index in [1.807, 2.05) is 0 Å². The fourth-order valence-corrected chi connectivity index (χ4v) is 2.26. The molecule has 0 saturated heterocycles. The number of hydrogen-bond acceptors (Lipinski definition) is 2. The van der Waals surface area contributed by atoms with Crippen LogP contribution in [0.3, 0.4) is 0 Å². The van der Waals surface area contributed by atoms with Gasteiger partial charge in [-0.25, -0.2) is 4.39 Å². The van der Waals surface area contributed by atoms with E-state index in [4.69, 9.17) is 11.6 Å². The van der Waals surface area contributed by atoms with E-state index < -0.39 is 17.6 Å². The van der Waals surface area contributed by atoms with Crippen LogP contribution in [0.25, 0.3) is 0 Å². The molecule has 2 N–H and O–H groups in total. The summed E-state index contributed by atoms with van der Waals surface area (Å²) in [5, 5.41) is 5.37. The average Bonchev–Trinajstić information content (AvgIpc) is 2.55. The van der Waals surface area contributed by atoms with E-state index in [-0.39, 0.29) is 36.1 Å². The van der Waals surface area contributed by atoms with Crippen molar-refractivity contribution < 1.29 is 22.4 Å². The smallest absolute Gasteiger partial charge is 0.383 e. The number of anilines is 1. The molecule has 1 amide bonds. The molecule has 0 saturated carbocycles. The highest BCUT2D eigenvalue weighted by molar-refractivity contribution is 6.33. The Morgan fingerprint density at radius 2 is 1.84 bits per heavy atom. The van der Waals surface area contributed by atoms with Crippen molar-refractivity contribution in [2.45, 2.75) is 19.1 Å². The van der Waals surface area contributed by atoms with Crippen LogP contribution in [0.4, 0.5) is 23.2 Å². The van der Waals surface area contributed by atoms with Gasteiger partial charge in [0.05, 0.1) is 16.3 Å². The van der Waals surface area contributed by atoms with Gasteiger partial charge < -0.3 is 10.6 Å². The summed E-state index contributed by atoms with van der Waals surface area (Å²) in [5.74, 6) is -0.782. The van der Waals surface area contributed by atoms with Crippen LogP contribution in [0, 0.1) is 5.82 Å². The minimum absolute atomic E-state index is 0.00102. The van der Waals surface area contributed by atoms with Gasteiger partial charge in [0.2, 0.25) is 5.91 Å². The molecule has 0 aliphatic rings. The Balaban J connectivity index is 1.84. The largest absolute Gasteiger partial charge is 0.416 e. The van der Waals surface area contributed by atoms with E-state index in [2.05, 4.69) is 10.6 Å². The molecule has 3 nitrogen and oxygen atoms in total. The van der Waals surface area contributed by atoms with Gasteiger partial charge in [0.1, 0.15) is 5.82 Å². The molecule has 0 aliphatic heterocycles. The lowest BCUT2D eigenvalue weighted by atomic mass is 10.2. The highest BCUT2D eigenvalue weighted by Crippen LogP contribution is 2.33. The lowest BCUT2D eigenvalue weighted by Gasteiger charge is -2.12. The molecular weight excluding hydrogens is 360 g/mol. The summed E-state index contributed by atoms with van der Waals surface area (Å²) < 4.78 is 51.5. The first-order chi connectivity index (χ1) is 11.8. The zero-order chi connectivity index (χ0) is 18.4. The van der Waals surface area contributed by atoms with E-state index >= 15 is 0 Å². The van der Waals surface area contributed by atoms with Crippen LogP contribution in [-0.4, -0.2) is 12.5 Å². The number of alkyl halides is 3. The number of benzene rings is 2. The van der Waals surface area contributed by atoms with E-state index in [0.29, 0.717) is 5.56 Å². The maximum atomic E-state index is 13.4. The molecule has 0 unspecified atom stereocenters. The van der Waals surface area contributed by atoms with Gasteiger partial charge in [0.25, 0.3) is 0 Å². The lowest BCUT2D eigenvalue weighted by molar-refractivity contribution is -0.137. The van der Waals surface area contributed by atoms with Crippen molar-refractivity contribution in [2.24, 2.45) is 0 Å². The Morgan fingerprint density at radius 1 is 1.12 bits per heavy atom. The molecule has 0 aromatic heterocycles. The fourth-order valence-electron chi connectivity index (χ4n) is 2.07. The molecule has 0 radical (unpaired) electrons. The Kier molecular flexibility index (Phi) is 6.25. The minimum Gasteiger partial charge on any atom is -0.383 e. The van der Waals surface area contributed by atoms with Crippen molar-refractivity contribution in [3.8, 4) is 0 Å². The Bertz CT molecular complexity index is 750. The number of amides is 1. The molecule has 0 fully saturated rings. The van der Waals surface area contributed by atoms with Gasteiger partial charge in [-0.15, -0.1) is 0 Å². The maximum Gasteiger partial charge on any atom is 0.416 e. The molecule has 8 heteroatoms. The SMILES string of the molecule is O=C(CCNc1cc(C(F)(F)F)ccc1Cl)NCc1ccccc1F. The molecule has 0 spiro atoms. The molecule has 2 aromatic carbocycles. The van der Waals surface area contributed by atoms with Gasteiger partial charge in [0, 0.05) is 25.1 Å². The molecule has 25 heavy (non-hydrogen) atoms. The first kappa shape index (κ1) is 19.1. The van der Waals surface area contributed by atoms with Crippen LogP contribution in [0.15, 0.2) is 42.5 Å². The Morgan fingerprint density at radius 3 is 2.52 bits per heavy atom. The van der Waals surface area contributed by atoms with Crippen LogP contribution < -0.4 is 10.6 Å². The van der Waals surface area contributed by atoms with Crippen molar-refractivity contribution in [1.82, 2.24) is 5.32 Å². The van der Waals surface area contributed by atoms with Gasteiger partial charge in [-0.2, -0.15) is 13.2 Å². The molecule has 134 valence electrons. The van der Waals surface area contributed by atoms with Crippen LogP contribution >= 0.6 is 11.6 Å². The number of halogens is 5. The highest BCUT2D eigenvalue weighted by Gasteiger charge is 2.30. The van der Waals surface area contributed by atoms with Gasteiger partial charge in [-0.3, -0.25) is 4.79 Å². The third kappa shape index (κ3) is 5.63. The predicted octanol–water partition coefficient (Wildman–Crippen LogP) is 4.62. The van der Waals surface area contributed by atoms with Crippen molar-refractivity contribution in [3.63, 3.8) is 0 Å². The van der Waals surface area contributed by atoms with Crippen molar-refractivity contribution in [1.29, 1.82) is 0 Å². The molecule has 0 aliphatic carbocycles. The van der Waals surface area contributed by atoms with Crippen molar-refractivity contribution in [3.05, 3.63) is 64.4 Å².